The summed E-state index contributed by atoms with van der Waals surface area (Å²) in [5.41, 5.74) is 1.96. The summed E-state index contributed by atoms with van der Waals surface area (Å²) in [6.07, 6.45) is 2.57. The Morgan fingerprint density at radius 1 is 1.44 bits per heavy atom. The molecule has 1 aromatic rings. The van der Waals surface area contributed by atoms with Crippen molar-refractivity contribution in [2.75, 3.05) is 20.3 Å². The van der Waals surface area contributed by atoms with Crippen LogP contribution < -0.4 is 4.74 Å². The van der Waals surface area contributed by atoms with E-state index in [9.17, 15) is 0 Å². The predicted molar refractivity (Wildman–Crippen MR) is 59.4 cm³/mol. The molecule has 0 aromatic carbocycles. The minimum Gasteiger partial charge on any atom is -0.495 e. The summed E-state index contributed by atoms with van der Waals surface area (Å²) in [6.45, 7) is 5.24. The molecule has 1 aromatic heterocycles. The Bertz CT molecular complexity index is 373. The standard InChI is InChI=1S/C12H17NO3/c1-4-11-10(7-9(14-3)8-13-11)12(2)15-5-6-16-12/h7-8H,4-6H2,1-3H3. The number of hydrogen-bond acceptors (Lipinski definition) is 4. The van der Waals surface area contributed by atoms with E-state index in [0.29, 0.717) is 13.2 Å². The molecule has 0 aliphatic carbocycles. The fraction of sp³-hybridized carbons (Fsp3) is 0.583. The fourth-order valence-corrected chi connectivity index (χ4v) is 1.93. The smallest absolute Gasteiger partial charge is 0.193 e. The maximum atomic E-state index is 5.65. The van der Waals surface area contributed by atoms with Crippen molar-refractivity contribution in [3.63, 3.8) is 0 Å². The Labute approximate surface area is 95.5 Å². The highest BCUT2D eigenvalue weighted by Gasteiger charge is 2.35. The number of aryl methyl sites for hydroxylation is 1. The molecular weight excluding hydrogens is 206 g/mol. The number of rotatable bonds is 3. The fourth-order valence-electron chi connectivity index (χ4n) is 1.93. The average molecular weight is 223 g/mol. The molecule has 0 spiro atoms. The number of aromatic nitrogens is 1. The van der Waals surface area contributed by atoms with Crippen molar-refractivity contribution < 1.29 is 14.2 Å². The number of hydrogen-bond donors (Lipinski definition) is 0. The first-order valence-corrected chi connectivity index (χ1v) is 5.51. The van der Waals surface area contributed by atoms with Gasteiger partial charge in [-0.25, -0.2) is 0 Å². The highest BCUT2D eigenvalue weighted by atomic mass is 16.7. The van der Waals surface area contributed by atoms with Crippen LogP contribution in [0.4, 0.5) is 0 Å². The third kappa shape index (κ3) is 1.90. The molecule has 1 aliphatic heterocycles. The van der Waals surface area contributed by atoms with Crippen molar-refractivity contribution in [1.82, 2.24) is 4.98 Å². The van der Waals surface area contributed by atoms with Gasteiger partial charge in [0.05, 0.1) is 26.5 Å². The molecule has 1 aliphatic rings. The second kappa shape index (κ2) is 4.39. The zero-order valence-electron chi connectivity index (χ0n) is 9.95. The quantitative estimate of drug-likeness (QED) is 0.784. The second-order valence-corrected chi connectivity index (χ2v) is 3.87. The van der Waals surface area contributed by atoms with Gasteiger partial charge >= 0.3 is 0 Å². The minimum atomic E-state index is -0.674. The third-order valence-corrected chi connectivity index (χ3v) is 2.84. The third-order valence-electron chi connectivity index (χ3n) is 2.84. The average Bonchev–Trinajstić information content (AvgIpc) is 2.76. The van der Waals surface area contributed by atoms with Gasteiger partial charge in [0.1, 0.15) is 5.75 Å². The van der Waals surface area contributed by atoms with Crippen molar-refractivity contribution in [1.29, 1.82) is 0 Å². The summed E-state index contributed by atoms with van der Waals surface area (Å²) >= 11 is 0. The van der Waals surface area contributed by atoms with Gasteiger partial charge in [-0.3, -0.25) is 4.98 Å². The summed E-state index contributed by atoms with van der Waals surface area (Å²) in [7, 11) is 1.63. The lowest BCUT2D eigenvalue weighted by atomic mass is 10.0. The molecule has 16 heavy (non-hydrogen) atoms. The molecule has 0 N–H and O–H groups in total. The largest absolute Gasteiger partial charge is 0.495 e. The lowest BCUT2D eigenvalue weighted by molar-refractivity contribution is -0.150. The molecule has 1 saturated heterocycles. The van der Waals surface area contributed by atoms with Crippen LogP contribution in [-0.4, -0.2) is 25.3 Å². The van der Waals surface area contributed by atoms with Crippen molar-refractivity contribution in [2.45, 2.75) is 26.1 Å². The molecular formula is C12H17NO3. The lowest BCUT2D eigenvalue weighted by Crippen LogP contribution is -2.24. The summed E-state index contributed by atoms with van der Waals surface area (Å²) < 4.78 is 16.5. The van der Waals surface area contributed by atoms with Gasteiger partial charge in [-0.15, -0.1) is 0 Å². The van der Waals surface area contributed by atoms with Crippen LogP contribution in [0, 0.1) is 0 Å². The Morgan fingerprint density at radius 2 is 2.12 bits per heavy atom. The van der Waals surface area contributed by atoms with E-state index < -0.39 is 5.79 Å². The highest BCUT2D eigenvalue weighted by Crippen LogP contribution is 2.34. The number of pyridine rings is 1. The van der Waals surface area contributed by atoms with E-state index >= 15 is 0 Å². The first-order chi connectivity index (χ1) is 7.69. The second-order valence-electron chi connectivity index (χ2n) is 3.87. The number of nitrogens with zero attached hydrogens (tertiary/aromatic N) is 1. The molecule has 0 bridgehead atoms. The monoisotopic (exact) mass is 223 g/mol. The first-order valence-electron chi connectivity index (χ1n) is 5.51. The van der Waals surface area contributed by atoms with Crippen molar-refractivity contribution in [2.24, 2.45) is 0 Å². The van der Waals surface area contributed by atoms with Gasteiger partial charge in [-0.2, -0.15) is 0 Å². The number of methoxy groups -OCH3 is 1. The van der Waals surface area contributed by atoms with Gasteiger partial charge < -0.3 is 14.2 Å². The van der Waals surface area contributed by atoms with Gasteiger partial charge in [0, 0.05) is 11.3 Å². The Morgan fingerprint density at radius 3 is 2.69 bits per heavy atom. The van der Waals surface area contributed by atoms with E-state index in [0.717, 1.165) is 23.4 Å². The van der Waals surface area contributed by atoms with Crippen LogP contribution in [0.5, 0.6) is 5.75 Å². The Balaban J connectivity index is 2.43. The molecule has 0 radical (unpaired) electrons. The molecule has 4 heteroatoms. The van der Waals surface area contributed by atoms with Crippen LogP contribution >= 0.6 is 0 Å². The van der Waals surface area contributed by atoms with E-state index in [1.54, 1.807) is 13.3 Å². The molecule has 0 unspecified atom stereocenters. The van der Waals surface area contributed by atoms with Crippen LogP contribution in [0.2, 0.25) is 0 Å². The van der Waals surface area contributed by atoms with E-state index in [2.05, 4.69) is 11.9 Å². The van der Waals surface area contributed by atoms with Crippen LogP contribution in [0.15, 0.2) is 12.3 Å². The van der Waals surface area contributed by atoms with E-state index in [1.165, 1.54) is 0 Å². The predicted octanol–water partition coefficient (Wildman–Crippen LogP) is 1.87. The van der Waals surface area contributed by atoms with Crippen LogP contribution in [0.1, 0.15) is 25.1 Å². The highest BCUT2D eigenvalue weighted by molar-refractivity contribution is 5.33. The molecule has 2 heterocycles. The van der Waals surface area contributed by atoms with Crippen LogP contribution in [0.3, 0.4) is 0 Å². The van der Waals surface area contributed by atoms with Gasteiger partial charge in [0.15, 0.2) is 5.79 Å². The number of ether oxygens (including phenoxy) is 3. The molecule has 0 saturated carbocycles. The van der Waals surface area contributed by atoms with Crippen LogP contribution in [0.25, 0.3) is 0 Å². The van der Waals surface area contributed by atoms with Gasteiger partial charge in [0.2, 0.25) is 0 Å². The zero-order chi connectivity index (χ0) is 11.6. The lowest BCUT2D eigenvalue weighted by Gasteiger charge is -2.25. The molecule has 0 atom stereocenters. The van der Waals surface area contributed by atoms with Crippen molar-refractivity contribution in [3.8, 4) is 5.75 Å². The van der Waals surface area contributed by atoms with Crippen LogP contribution in [-0.2, 0) is 21.7 Å². The van der Waals surface area contributed by atoms with Crippen molar-refractivity contribution >= 4 is 0 Å². The maximum absolute atomic E-state index is 5.65. The summed E-state index contributed by atoms with van der Waals surface area (Å²) in [5, 5.41) is 0. The van der Waals surface area contributed by atoms with E-state index in [4.69, 9.17) is 14.2 Å². The normalized spacial score (nSPS) is 18.7. The van der Waals surface area contributed by atoms with Gasteiger partial charge in [-0.1, -0.05) is 6.92 Å². The molecule has 2 rings (SSSR count). The van der Waals surface area contributed by atoms with Gasteiger partial charge in [-0.05, 0) is 19.4 Å². The molecule has 4 nitrogen and oxygen atoms in total. The summed E-state index contributed by atoms with van der Waals surface area (Å²) in [4.78, 5) is 4.37. The zero-order valence-corrected chi connectivity index (χ0v) is 9.95. The molecule has 0 amide bonds. The molecule has 88 valence electrons. The Kier molecular flexibility index (Phi) is 3.12. The first kappa shape index (κ1) is 11.4. The SMILES string of the molecule is CCc1ncc(OC)cc1C1(C)OCCO1. The minimum absolute atomic E-state index is 0.622. The van der Waals surface area contributed by atoms with E-state index in [-0.39, 0.29) is 0 Å². The van der Waals surface area contributed by atoms with E-state index in [1.807, 2.05) is 13.0 Å². The summed E-state index contributed by atoms with van der Waals surface area (Å²) in [6, 6.07) is 1.94. The maximum Gasteiger partial charge on any atom is 0.193 e. The topological polar surface area (TPSA) is 40.6 Å². The summed E-state index contributed by atoms with van der Waals surface area (Å²) in [5.74, 6) is 0.0555. The Hall–Kier alpha value is -1.13. The van der Waals surface area contributed by atoms with Crippen molar-refractivity contribution in [3.05, 3.63) is 23.5 Å². The molecule has 1 fully saturated rings. The van der Waals surface area contributed by atoms with Gasteiger partial charge in [0.25, 0.3) is 0 Å².